The zero-order chi connectivity index (χ0) is 15.4. The topological polar surface area (TPSA) is 98.3 Å². The van der Waals surface area contributed by atoms with E-state index in [9.17, 15) is 14.9 Å². The molecule has 0 atom stereocenters. The lowest BCUT2D eigenvalue weighted by atomic mass is 10.1. The van der Waals surface area contributed by atoms with Gasteiger partial charge in [0.25, 0.3) is 11.6 Å². The highest BCUT2D eigenvalue weighted by molar-refractivity contribution is 5.94. The molecule has 21 heavy (non-hydrogen) atoms. The molecule has 0 fully saturated rings. The molecular formula is C15H15N3O3. The van der Waals surface area contributed by atoms with Crippen LogP contribution in [0.25, 0.3) is 0 Å². The molecule has 6 heteroatoms. The van der Waals surface area contributed by atoms with E-state index in [-0.39, 0.29) is 18.1 Å². The van der Waals surface area contributed by atoms with Gasteiger partial charge in [-0.05, 0) is 30.7 Å². The predicted molar refractivity (Wildman–Crippen MR) is 79.9 cm³/mol. The highest BCUT2D eigenvalue weighted by Crippen LogP contribution is 2.21. The van der Waals surface area contributed by atoms with Crippen molar-refractivity contribution < 1.29 is 9.72 Å². The highest BCUT2D eigenvalue weighted by atomic mass is 16.6. The zero-order valence-electron chi connectivity index (χ0n) is 11.5. The van der Waals surface area contributed by atoms with Crippen LogP contribution in [0, 0.1) is 17.0 Å². The number of carbonyl (C=O) groups is 1. The highest BCUT2D eigenvalue weighted by Gasteiger charge is 2.14. The van der Waals surface area contributed by atoms with Gasteiger partial charge < -0.3 is 11.1 Å². The second-order valence-corrected chi connectivity index (χ2v) is 4.63. The number of anilines is 1. The summed E-state index contributed by atoms with van der Waals surface area (Å²) in [6, 6.07) is 11.4. The van der Waals surface area contributed by atoms with E-state index in [0.29, 0.717) is 22.4 Å². The lowest BCUT2D eigenvalue weighted by Gasteiger charge is -2.08. The monoisotopic (exact) mass is 285 g/mol. The second-order valence-electron chi connectivity index (χ2n) is 4.63. The van der Waals surface area contributed by atoms with E-state index in [2.05, 4.69) is 5.32 Å². The fraction of sp³-hybridized carbons (Fsp3) is 0.133. The third-order valence-corrected chi connectivity index (χ3v) is 3.20. The SMILES string of the molecule is Cc1c(CNC(=O)c2cccc(N)c2)cccc1[N+](=O)[O-]. The van der Waals surface area contributed by atoms with Gasteiger partial charge in [0.1, 0.15) is 0 Å². The minimum Gasteiger partial charge on any atom is -0.399 e. The number of rotatable bonds is 4. The number of carbonyl (C=O) groups excluding carboxylic acids is 1. The fourth-order valence-corrected chi connectivity index (χ4v) is 2.02. The number of nitrogens with two attached hydrogens (primary N) is 1. The van der Waals surface area contributed by atoms with Crippen molar-refractivity contribution in [1.29, 1.82) is 0 Å². The lowest BCUT2D eigenvalue weighted by molar-refractivity contribution is -0.385. The van der Waals surface area contributed by atoms with E-state index in [0.717, 1.165) is 0 Å². The van der Waals surface area contributed by atoms with Crippen LogP contribution in [-0.2, 0) is 6.54 Å². The van der Waals surface area contributed by atoms with Gasteiger partial charge in [-0.3, -0.25) is 14.9 Å². The average Bonchev–Trinajstić information content (AvgIpc) is 2.45. The Morgan fingerprint density at radius 2 is 2.00 bits per heavy atom. The molecule has 0 saturated heterocycles. The Hall–Kier alpha value is -2.89. The van der Waals surface area contributed by atoms with Gasteiger partial charge in [-0.15, -0.1) is 0 Å². The first-order valence-corrected chi connectivity index (χ1v) is 6.35. The lowest BCUT2D eigenvalue weighted by Crippen LogP contribution is -2.23. The van der Waals surface area contributed by atoms with E-state index in [1.54, 1.807) is 43.3 Å². The molecule has 0 unspecified atom stereocenters. The Bertz CT molecular complexity index is 698. The standard InChI is InChI=1S/C15H15N3O3/c1-10-12(5-3-7-14(10)18(20)21)9-17-15(19)11-4-2-6-13(16)8-11/h2-8H,9,16H2,1H3,(H,17,19). The summed E-state index contributed by atoms with van der Waals surface area (Å²) >= 11 is 0. The van der Waals surface area contributed by atoms with Gasteiger partial charge in [0.2, 0.25) is 0 Å². The Morgan fingerprint density at radius 3 is 2.67 bits per heavy atom. The quantitative estimate of drug-likeness (QED) is 0.512. The van der Waals surface area contributed by atoms with E-state index in [4.69, 9.17) is 5.73 Å². The van der Waals surface area contributed by atoms with Crippen molar-refractivity contribution in [2.45, 2.75) is 13.5 Å². The van der Waals surface area contributed by atoms with Gasteiger partial charge in [0, 0.05) is 29.4 Å². The second kappa shape index (κ2) is 6.04. The van der Waals surface area contributed by atoms with Crippen LogP contribution in [-0.4, -0.2) is 10.8 Å². The summed E-state index contributed by atoms with van der Waals surface area (Å²) in [4.78, 5) is 22.4. The van der Waals surface area contributed by atoms with Crippen molar-refractivity contribution in [3.8, 4) is 0 Å². The van der Waals surface area contributed by atoms with Crippen molar-refractivity contribution in [2.24, 2.45) is 0 Å². The van der Waals surface area contributed by atoms with Crippen LogP contribution in [0.2, 0.25) is 0 Å². The van der Waals surface area contributed by atoms with Gasteiger partial charge in [0.05, 0.1) is 4.92 Å². The summed E-state index contributed by atoms with van der Waals surface area (Å²) in [6.07, 6.45) is 0. The Balaban J connectivity index is 2.12. The molecule has 0 aliphatic rings. The smallest absolute Gasteiger partial charge is 0.272 e. The maximum absolute atomic E-state index is 12.0. The van der Waals surface area contributed by atoms with Crippen molar-refractivity contribution in [2.75, 3.05) is 5.73 Å². The van der Waals surface area contributed by atoms with E-state index >= 15 is 0 Å². The first-order valence-electron chi connectivity index (χ1n) is 6.35. The first kappa shape index (κ1) is 14.5. The molecule has 0 saturated carbocycles. The molecule has 0 aliphatic heterocycles. The van der Waals surface area contributed by atoms with Crippen molar-refractivity contribution in [3.63, 3.8) is 0 Å². The van der Waals surface area contributed by atoms with Gasteiger partial charge in [-0.1, -0.05) is 18.2 Å². The molecule has 108 valence electrons. The number of amides is 1. The molecule has 0 heterocycles. The van der Waals surface area contributed by atoms with Crippen LogP contribution in [0.5, 0.6) is 0 Å². The van der Waals surface area contributed by atoms with Crippen LogP contribution >= 0.6 is 0 Å². The van der Waals surface area contributed by atoms with Crippen molar-refractivity contribution in [1.82, 2.24) is 5.32 Å². The summed E-state index contributed by atoms with van der Waals surface area (Å²) in [5, 5.41) is 13.6. The Kier molecular flexibility index (Phi) is 4.18. The molecule has 3 N–H and O–H groups in total. The number of nitro groups is 1. The van der Waals surface area contributed by atoms with Crippen LogP contribution in [0.15, 0.2) is 42.5 Å². The molecule has 2 rings (SSSR count). The number of hydrogen-bond donors (Lipinski definition) is 2. The Morgan fingerprint density at radius 1 is 1.29 bits per heavy atom. The molecule has 0 radical (unpaired) electrons. The van der Waals surface area contributed by atoms with Crippen molar-refractivity contribution in [3.05, 3.63) is 69.3 Å². The summed E-state index contributed by atoms with van der Waals surface area (Å²) in [6.45, 7) is 1.89. The average molecular weight is 285 g/mol. The van der Waals surface area contributed by atoms with Gasteiger partial charge in [-0.25, -0.2) is 0 Å². The number of hydrogen-bond acceptors (Lipinski definition) is 4. The molecule has 0 aliphatic carbocycles. The predicted octanol–water partition coefficient (Wildman–Crippen LogP) is 2.42. The first-order chi connectivity index (χ1) is 9.99. The molecule has 0 spiro atoms. The number of nitro benzene ring substituents is 1. The largest absolute Gasteiger partial charge is 0.399 e. The van der Waals surface area contributed by atoms with Crippen LogP contribution < -0.4 is 11.1 Å². The maximum Gasteiger partial charge on any atom is 0.272 e. The van der Waals surface area contributed by atoms with Gasteiger partial charge in [0.15, 0.2) is 0 Å². The Labute approximate surface area is 121 Å². The molecule has 2 aromatic rings. The normalized spacial score (nSPS) is 10.1. The summed E-state index contributed by atoms with van der Waals surface area (Å²) in [5.74, 6) is -0.270. The molecule has 0 bridgehead atoms. The summed E-state index contributed by atoms with van der Waals surface area (Å²) in [7, 11) is 0. The number of nitrogens with one attached hydrogen (secondary N) is 1. The number of benzene rings is 2. The zero-order valence-corrected chi connectivity index (χ0v) is 11.5. The molecule has 0 aromatic heterocycles. The van der Waals surface area contributed by atoms with Crippen LogP contribution in [0.4, 0.5) is 11.4 Å². The molecule has 6 nitrogen and oxygen atoms in total. The minimum absolute atomic E-state index is 0.0469. The van der Waals surface area contributed by atoms with Crippen LogP contribution in [0.1, 0.15) is 21.5 Å². The van der Waals surface area contributed by atoms with Crippen LogP contribution in [0.3, 0.4) is 0 Å². The third-order valence-electron chi connectivity index (χ3n) is 3.20. The van der Waals surface area contributed by atoms with Crippen molar-refractivity contribution >= 4 is 17.3 Å². The molecular weight excluding hydrogens is 270 g/mol. The number of nitrogens with zero attached hydrogens (tertiary/aromatic N) is 1. The van der Waals surface area contributed by atoms with E-state index < -0.39 is 4.92 Å². The number of nitrogen functional groups attached to an aromatic ring is 1. The minimum atomic E-state index is -0.432. The van der Waals surface area contributed by atoms with E-state index in [1.807, 2.05) is 0 Å². The third kappa shape index (κ3) is 3.36. The fourth-order valence-electron chi connectivity index (χ4n) is 2.02. The molecule has 2 aromatic carbocycles. The maximum atomic E-state index is 12.0. The molecule has 1 amide bonds. The van der Waals surface area contributed by atoms with Gasteiger partial charge >= 0.3 is 0 Å². The summed E-state index contributed by atoms with van der Waals surface area (Å²) < 4.78 is 0. The van der Waals surface area contributed by atoms with E-state index in [1.165, 1.54) is 6.07 Å². The summed E-state index contributed by atoms with van der Waals surface area (Å²) in [5.41, 5.74) is 7.90. The van der Waals surface area contributed by atoms with Gasteiger partial charge in [-0.2, -0.15) is 0 Å².